The SMILES string of the molecule is CC(=O)Nc1cccc(NC(=O)c2nnc(-c3cccc(F)c3)o2)c1. The minimum absolute atomic E-state index is 0.0386. The predicted octanol–water partition coefficient (Wildman–Crippen LogP) is 3.09. The normalized spacial score (nSPS) is 10.3. The van der Waals surface area contributed by atoms with Gasteiger partial charge in [0.05, 0.1) is 0 Å². The number of anilines is 2. The molecule has 2 aromatic carbocycles. The number of amides is 2. The highest BCUT2D eigenvalue weighted by atomic mass is 19.1. The average molecular weight is 340 g/mol. The van der Waals surface area contributed by atoms with Crippen molar-refractivity contribution in [2.75, 3.05) is 10.6 Å². The van der Waals surface area contributed by atoms with Crippen LogP contribution in [0.4, 0.5) is 15.8 Å². The van der Waals surface area contributed by atoms with Gasteiger partial charge in [0.1, 0.15) is 5.82 Å². The Labute approximate surface area is 141 Å². The van der Waals surface area contributed by atoms with Crippen LogP contribution in [0.5, 0.6) is 0 Å². The molecule has 3 aromatic rings. The largest absolute Gasteiger partial charge is 0.412 e. The van der Waals surface area contributed by atoms with Crippen molar-refractivity contribution in [2.45, 2.75) is 6.92 Å². The first-order valence-electron chi connectivity index (χ1n) is 7.30. The minimum atomic E-state index is -0.616. The molecule has 7 nitrogen and oxygen atoms in total. The van der Waals surface area contributed by atoms with Crippen LogP contribution in [-0.4, -0.2) is 22.0 Å². The fourth-order valence-corrected chi connectivity index (χ4v) is 2.12. The summed E-state index contributed by atoms with van der Waals surface area (Å²) in [6.07, 6.45) is 0. The summed E-state index contributed by atoms with van der Waals surface area (Å²) in [7, 11) is 0. The number of benzene rings is 2. The third kappa shape index (κ3) is 4.05. The number of carbonyl (C=O) groups excluding carboxylic acids is 2. The molecule has 0 saturated carbocycles. The number of halogens is 1. The monoisotopic (exact) mass is 340 g/mol. The fraction of sp³-hybridized carbons (Fsp3) is 0.0588. The Morgan fingerprint density at radius 2 is 1.72 bits per heavy atom. The Kier molecular flexibility index (Phi) is 4.51. The topological polar surface area (TPSA) is 97.1 Å². The molecule has 0 radical (unpaired) electrons. The maximum atomic E-state index is 13.2. The third-order valence-corrected chi connectivity index (χ3v) is 3.13. The van der Waals surface area contributed by atoms with E-state index in [1.165, 1.54) is 25.1 Å². The van der Waals surface area contributed by atoms with Gasteiger partial charge in [-0.1, -0.05) is 12.1 Å². The Bertz CT molecular complexity index is 939. The zero-order valence-electron chi connectivity index (χ0n) is 13.1. The molecule has 25 heavy (non-hydrogen) atoms. The molecule has 2 N–H and O–H groups in total. The number of hydrogen-bond donors (Lipinski definition) is 2. The van der Waals surface area contributed by atoms with E-state index in [1.54, 1.807) is 30.3 Å². The van der Waals surface area contributed by atoms with E-state index in [0.29, 0.717) is 16.9 Å². The quantitative estimate of drug-likeness (QED) is 0.761. The highest BCUT2D eigenvalue weighted by molar-refractivity contribution is 6.01. The average Bonchev–Trinajstić information content (AvgIpc) is 3.05. The highest BCUT2D eigenvalue weighted by Crippen LogP contribution is 2.20. The van der Waals surface area contributed by atoms with E-state index in [4.69, 9.17) is 4.42 Å². The Hall–Kier alpha value is -3.55. The lowest BCUT2D eigenvalue weighted by Gasteiger charge is -2.06. The molecule has 1 aromatic heterocycles. The van der Waals surface area contributed by atoms with Crippen molar-refractivity contribution in [2.24, 2.45) is 0 Å². The molecule has 126 valence electrons. The van der Waals surface area contributed by atoms with Crippen LogP contribution < -0.4 is 10.6 Å². The maximum Gasteiger partial charge on any atom is 0.313 e. The molecule has 0 fully saturated rings. The second kappa shape index (κ2) is 6.91. The van der Waals surface area contributed by atoms with E-state index in [2.05, 4.69) is 20.8 Å². The molecular formula is C17H13FN4O3. The van der Waals surface area contributed by atoms with Gasteiger partial charge in [0.2, 0.25) is 11.8 Å². The van der Waals surface area contributed by atoms with Gasteiger partial charge in [0.15, 0.2) is 0 Å². The van der Waals surface area contributed by atoms with Crippen LogP contribution in [0.3, 0.4) is 0 Å². The molecule has 0 aliphatic heterocycles. The molecule has 2 amide bonds. The van der Waals surface area contributed by atoms with Crippen LogP contribution in [0.1, 0.15) is 17.6 Å². The van der Waals surface area contributed by atoms with Gasteiger partial charge in [-0.3, -0.25) is 9.59 Å². The molecule has 8 heteroatoms. The van der Waals surface area contributed by atoms with Crippen molar-refractivity contribution >= 4 is 23.2 Å². The Morgan fingerprint density at radius 1 is 1.00 bits per heavy atom. The predicted molar refractivity (Wildman–Crippen MR) is 88.4 cm³/mol. The highest BCUT2D eigenvalue weighted by Gasteiger charge is 2.16. The second-order valence-corrected chi connectivity index (χ2v) is 5.14. The van der Waals surface area contributed by atoms with E-state index >= 15 is 0 Å². The van der Waals surface area contributed by atoms with Crippen LogP contribution in [0, 0.1) is 5.82 Å². The van der Waals surface area contributed by atoms with E-state index in [-0.39, 0.29) is 17.7 Å². The molecule has 0 aliphatic carbocycles. The van der Waals surface area contributed by atoms with Gasteiger partial charge in [-0.2, -0.15) is 0 Å². The van der Waals surface area contributed by atoms with Crippen LogP contribution in [-0.2, 0) is 4.79 Å². The van der Waals surface area contributed by atoms with Crippen LogP contribution >= 0.6 is 0 Å². The smallest absolute Gasteiger partial charge is 0.313 e. The standard InChI is InChI=1S/C17H13FN4O3/c1-10(23)19-13-6-3-7-14(9-13)20-15(24)17-22-21-16(25-17)11-4-2-5-12(18)8-11/h2-9H,1H3,(H,19,23)(H,20,24). The van der Waals surface area contributed by atoms with E-state index in [9.17, 15) is 14.0 Å². The van der Waals surface area contributed by atoms with Crippen LogP contribution in [0.2, 0.25) is 0 Å². The molecular weight excluding hydrogens is 327 g/mol. The summed E-state index contributed by atoms with van der Waals surface area (Å²) < 4.78 is 18.5. The van der Waals surface area contributed by atoms with E-state index in [1.807, 2.05) is 0 Å². The van der Waals surface area contributed by atoms with E-state index < -0.39 is 11.7 Å². The first-order valence-corrected chi connectivity index (χ1v) is 7.30. The van der Waals surface area contributed by atoms with Crippen molar-refractivity contribution in [1.82, 2.24) is 10.2 Å². The third-order valence-electron chi connectivity index (χ3n) is 3.13. The Balaban J connectivity index is 1.75. The lowest BCUT2D eigenvalue weighted by Crippen LogP contribution is -2.13. The lowest BCUT2D eigenvalue weighted by molar-refractivity contribution is -0.114. The number of carbonyl (C=O) groups is 2. The lowest BCUT2D eigenvalue weighted by atomic mass is 10.2. The zero-order chi connectivity index (χ0) is 17.8. The summed E-state index contributed by atoms with van der Waals surface area (Å²) >= 11 is 0. The summed E-state index contributed by atoms with van der Waals surface area (Å²) in [6, 6.07) is 12.2. The molecule has 1 heterocycles. The van der Waals surface area contributed by atoms with Gasteiger partial charge >= 0.3 is 11.8 Å². The van der Waals surface area contributed by atoms with Gasteiger partial charge in [-0.05, 0) is 36.4 Å². The first-order chi connectivity index (χ1) is 12.0. The summed E-state index contributed by atoms with van der Waals surface area (Å²) in [6.45, 7) is 1.39. The van der Waals surface area contributed by atoms with Crippen LogP contribution in [0.15, 0.2) is 52.9 Å². The van der Waals surface area contributed by atoms with Crippen molar-refractivity contribution in [3.8, 4) is 11.5 Å². The molecule has 0 unspecified atom stereocenters. The first kappa shape index (κ1) is 16.3. The summed E-state index contributed by atoms with van der Waals surface area (Å²) in [5.41, 5.74) is 1.36. The number of rotatable bonds is 4. The second-order valence-electron chi connectivity index (χ2n) is 5.14. The number of hydrogen-bond acceptors (Lipinski definition) is 5. The van der Waals surface area contributed by atoms with Crippen molar-refractivity contribution in [3.63, 3.8) is 0 Å². The minimum Gasteiger partial charge on any atom is -0.412 e. The molecule has 0 bridgehead atoms. The van der Waals surface area contributed by atoms with Gasteiger partial charge < -0.3 is 15.1 Å². The van der Waals surface area contributed by atoms with Gasteiger partial charge in [0, 0.05) is 23.9 Å². The van der Waals surface area contributed by atoms with Crippen molar-refractivity contribution in [3.05, 3.63) is 60.2 Å². The zero-order valence-corrected chi connectivity index (χ0v) is 13.1. The van der Waals surface area contributed by atoms with Crippen molar-refractivity contribution < 1.29 is 18.4 Å². The fourth-order valence-electron chi connectivity index (χ4n) is 2.12. The molecule has 3 rings (SSSR count). The van der Waals surface area contributed by atoms with Gasteiger partial charge in [-0.25, -0.2) is 4.39 Å². The number of nitrogens with one attached hydrogen (secondary N) is 2. The van der Waals surface area contributed by atoms with Gasteiger partial charge in [0.25, 0.3) is 0 Å². The number of nitrogens with zero attached hydrogens (tertiary/aromatic N) is 2. The van der Waals surface area contributed by atoms with E-state index in [0.717, 1.165) is 0 Å². The Morgan fingerprint density at radius 3 is 2.44 bits per heavy atom. The summed E-state index contributed by atoms with van der Waals surface area (Å²) in [4.78, 5) is 23.3. The molecule has 0 atom stereocenters. The summed E-state index contributed by atoms with van der Waals surface area (Å²) in [5, 5.41) is 12.6. The molecule has 0 saturated heterocycles. The van der Waals surface area contributed by atoms with Crippen molar-refractivity contribution in [1.29, 1.82) is 0 Å². The van der Waals surface area contributed by atoms with Gasteiger partial charge in [-0.15, -0.1) is 10.2 Å². The molecule has 0 aliphatic rings. The summed E-state index contributed by atoms with van der Waals surface area (Å²) in [5.74, 6) is -1.51. The number of aromatic nitrogens is 2. The van der Waals surface area contributed by atoms with Crippen LogP contribution in [0.25, 0.3) is 11.5 Å². The molecule has 0 spiro atoms. The maximum absolute atomic E-state index is 13.2.